The normalized spacial score (nSPS) is 21.3. The minimum atomic E-state index is 0.291. The molecule has 1 fully saturated rings. The number of aromatic hydroxyl groups is 1. The van der Waals surface area contributed by atoms with Gasteiger partial charge in [0.1, 0.15) is 5.75 Å². The summed E-state index contributed by atoms with van der Waals surface area (Å²) < 4.78 is 11.2. The number of benzene rings is 2. The molecule has 0 amide bonds. The van der Waals surface area contributed by atoms with Gasteiger partial charge in [0, 0.05) is 11.1 Å². The number of methoxy groups -OCH3 is 2. The molecule has 2 bridgehead atoms. The van der Waals surface area contributed by atoms with Crippen molar-refractivity contribution in [3.63, 3.8) is 0 Å². The van der Waals surface area contributed by atoms with E-state index in [2.05, 4.69) is 13.0 Å². The molecule has 25 heavy (non-hydrogen) atoms. The van der Waals surface area contributed by atoms with E-state index in [9.17, 15) is 5.11 Å². The van der Waals surface area contributed by atoms with Gasteiger partial charge in [-0.05, 0) is 66.9 Å². The fourth-order valence-corrected chi connectivity index (χ4v) is 4.59. The quantitative estimate of drug-likeness (QED) is 0.834. The van der Waals surface area contributed by atoms with Gasteiger partial charge in [0.25, 0.3) is 0 Å². The molecule has 130 valence electrons. The number of hydrogen-bond donors (Lipinski definition) is 1. The molecule has 0 saturated heterocycles. The Labute approximate surface area is 148 Å². The number of ether oxygens (including phenoxy) is 2. The van der Waals surface area contributed by atoms with Crippen LogP contribution in [0.25, 0.3) is 16.7 Å². The van der Waals surface area contributed by atoms with Crippen molar-refractivity contribution < 1.29 is 14.6 Å². The molecule has 0 radical (unpaired) electrons. The number of fused-ring (bicyclic) bond motifs is 2. The summed E-state index contributed by atoms with van der Waals surface area (Å²) >= 11 is 0. The maximum Gasteiger partial charge on any atom is 0.164 e. The summed E-state index contributed by atoms with van der Waals surface area (Å²) in [5.41, 5.74) is 5.55. The first kappa shape index (κ1) is 16.1. The number of allylic oxidation sites excluding steroid dienone is 2. The van der Waals surface area contributed by atoms with Crippen LogP contribution in [0.5, 0.6) is 17.2 Å². The highest BCUT2D eigenvalue weighted by Crippen LogP contribution is 2.53. The molecule has 4 rings (SSSR count). The average Bonchev–Trinajstić information content (AvgIpc) is 3.24. The summed E-state index contributed by atoms with van der Waals surface area (Å²) in [6.07, 6.45) is 6.24. The third kappa shape index (κ3) is 2.50. The minimum absolute atomic E-state index is 0.291. The Hall–Kier alpha value is -2.42. The van der Waals surface area contributed by atoms with Gasteiger partial charge >= 0.3 is 0 Å². The molecule has 2 aliphatic carbocycles. The second-order valence-corrected chi connectivity index (χ2v) is 7.07. The van der Waals surface area contributed by atoms with E-state index in [1.54, 1.807) is 20.3 Å². The Morgan fingerprint density at radius 1 is 1.04 bits per heavy atom. The Morgan fingerprint density at radius 2 is 1.84 bits per heavy atom. The number of hydrogen-bond acceptors (Lipinski definition) is 3. The molecule has 3 nitrogen and oxygen atoms in total. The van der Waals surface area contributed by atoms with Crippen LogP contribution in [-0.2, 0) is 0 Å². The van der Waals surface area contributed by atoms with Crippen molar-refractivity contribution in [2.75, 3.05) is 14.2 Å². The first-order chi connectivity index (χ1) is 12.1. The second kappa shape index (κ2) is 6.14. The van der Waals surface area contributed by atoms with Gasteiger partial charge in [0.2, 0.25) is 0 Å². The largest absolute Gasteiger partial charge is 0.507 e. The number of rotatable bonds is 4. The van der Waals surface area contributed by atoms with Crippen LogP contribution in [0.15, 0.2) is 36.4 Å². The van der Waals surface area contributed by atoms with Gasteiger partial charge < -0.3 is 14.6 Å². The zero-order chi connectivity index (χ0) is 17.6. The van der Waals surface area contributed by atoms with E-state index in [0.717, 1.165) is 22.4 Å². The fraction of sp³-hybridized carbons (Fsp3) is 0.364. The predicted octanol–water partition coefficient (Wildman–Crippen LogP) is 5.20. The summed E-state index contributed by atoms with van der Waals surface area (Å²) in [4.78, 5) is 0. The van der Waals surface area contributed by atoms with E-state index in [-0.39, 0.29) is 0 Å². The molecule has 3 heteroatoms. The zero-order valence-electron chi connectivity index (χ0n) is 15.0. The van der Waals surface area contributed by atoms with Crippen LogP contribution in [0.4, 0.5) is 0 Å². The number of phenols is 1. The van der Waals surface area contributed by atoms with E-state index in [1.165, 1.54) is 30.4 Å². The second-order valence-electron chi connectivity index (χ2n) is 7.07. The van der Waals surface area contributed by atoms with Crippen LogP contribution in [0.2, 0.25) is 0 Å². The van der Waals surface area contributed by atoms with Crippen molar-refractivity contribution in [1.29, 1.82) is 0 Å². The van der Waals surface area contributed by atoms with E-state index < -0.39 is 0 Å². The van der Waals surface area contributed by atoms with Gasteiger partial charge in [-0.15, -0.1) is 0 Å². The van der Waals surface area contributed by atoms with Crippen LogP contribution in [0, 0.1) is 18.8 Å². The average molecular weight is 336 g/mol. The summed E-state index contributed by atoms with van der Waals surface area (Å²) in [5.74, 6) is 3.08. The summed E-state index contributed by atoms with van der Waals surface area (Å²) in [6.45, 7) is 2.09. The van der Waals surface area contributed by atoms with E-state index in [1.807, 2.05) is 24.3 Å². The topological polar surface area (TPSA) is 38.7 Å². The van der Waals surface area contributed by atoms with Crippen molar-refractivity contribution >= 4 is 5.57 Å². The van der Waals surface area contributed by atoms with Crippen molar-refractivity contribution in [2.24, 2.45) is 11.8 Å². The molecule has 0 aliphatic heterocycles. The van der Waals surface area contributed by atoms with Gasteiger partial charge in [-0.3, -0.25) is 0 Å². The zero-order valence-corrected chi connectivity index (χ0v) is 15.0. The molecule has 2 aromatic carbocycles. The number of para-hydroxylation sites is 1. The van der Waals surface area contributed by atoms with Gasteiger partial charge in [-0.2, -0.15) is 0 Å². The Kier molecular flexibility index (Phi) is 3.95. The summed E-state index contributed by atoms with van der Waals surface area (Å²) in [6, 6.07) is 9.51. The number of phenolic OH excluding ortho intramolecular Hbond substituents is 1. The van der Waals surface area contributed by atoms with Gasteiger partial charge in [0.15, 0.2) is 11.5 Å². The molecule has 2 atom stereocenters. The van der Waals surface area contributed by atoms with Crippen LogP contribution >= 0.6 is 0 Å². The standard InChI is InChI=1S/C22H24O3/c1-13-21(17-11-14-8-9-15(17)10-14)18(12-20(24-2)22(13)25-3)16-6-4-5-7-19(16)23/h4-7,11-12,14-15,23H,8-10H2,1-3H3. The lowest BCUT2D eigenvalue weighted by molar-refractivity contribution is 0.353. The van der Waals surface area contributed by atoms with Crippen molar-refractivity contribution in [1.82, 2.24) is 0 Å². The monoisotopic (exact) mass is 336 g/mol. The third-order valence-electron chi connectivity index (χ3n) is 5.72. The van der Waals surface area contributed by atoms with Crippen LogP contribution < -0.4 is 9.47 Å². The minimum Gasteiger partial charge on any atom is -0.507 e. The predicted molar refractivity (Wildman–Crippen MR) is 100 cm³/mol. The summed E-state index contributed by atoms with van der Waals surface area (Å²) in [7, 11) is 3.34. The molecular formula is C22H24O3. The van der Waals surface area contributed by atoms with Gasteiger partial charge in [-0.25, -0.2) is 0 Å². The lowest BCUT2D eigenvalue weighted by atomic mass is 9.84. The SMILES string of the molecule is COc1cc(-c2ccccc2O)c(C2=CC3CCC2C3)c(C)c1OC. The Morgan fingerprint density at radius 3 is 2.44 bits per heavy atom. The lowest BCUT2D eigenvalue weighted by Crippen LogP contribution is -2.04. The highest BCUT2D eigenvalue weighted by Gasteiger charge is 2.36. The van der Waals surface area contributed by atoms with E-state index in [4.69, 9.17) is 9.47 Å². The first-order valence-electron chi connectivity index (χ1n) is 8.90. The first-order valence-corrected chi connectivity index (χ1v) is 8.90. The van der Waals surface area contributed by atoms with Crippen molar-refractivity contribution in [3.8, 4) is 28.4 Å². The van der Waals surface area contributed by atoms with E-state index in [0.29, 0.717) is 23.3 Å². The highest BCUT2D eigenvalue weighted by molar-refractivity contribution is 5.89. The third-order valence-corrected chi connectivity index (χ3v) is 5.72. The van der Waals surface area contributed by atoms with Crippen LogP contribution in [0.3, 0.4) is 0 Å². The highest BCUT2D eigenvalue weighted by atomic mass is 16.5. The van der Waals surface area contributed by atoms with E-state index >= 15 is 0 Å². The molecule has 0 spiro atoms. The van der Waals surface area contributed by atoms with Gasteiger partial charge in [-0.1, -0.05) is 24.3 Å². The smallest absolute Gasteiger partial charge is 0.164 e. The fourth-order valence-electron chi connectivity index (χ4n) is 4.59. The van der Waals surface area contributed by atoms with Crippen LogP contribution in [-0.4, -0.2) is 19.3 Å². The van der Waals surface area contributed by atoms with Gasteiger partial charge in [0.05, 0.1) is 14.2 Å². The Balaban J connectivity index is 2.01. The molecule has 2 aliphatic rings. The Bertz CT molecular complexity index is 851. The molecule has 0 aromatic heterocycles. The van der Waals surface area contributed by atoms with Crippen molar-refractivity contribution in [2.45, 2.75) is 26.2 Å². The maximum atomic E-state index is 10.5. The molecule has 2 unspecified atom stereocenters. The van der Waals surface area contributed by atoms with Crippen LogP contribution in [0.1, 0.15) is 30.4 Å². The maximum absolute atomic E-state index is 10.5. The molecule has 0 heterocycles. The summed E-state index contributed by atoms with van der Waals surface area (Å²) in [5, 5.41) is 10.5. The molecule has 2 aromatic rings. The molecule has 1 saturated carbocycles. The molecular weight excluding hydrogens is 312 g/mol. The molecule has 1 N–H and O–H groups in total. The van der Waals surface area contributed by atoms with Crippen molar-refractivity contribution in [3.05, 3.63) is 47.5 Å². The lowest BCUT2D eigenvalue weighted by Gasteiger charge is -2.23.